The molecule has 0 saturated carbocycles. The fourth-order valence-electron chi connectivity index (χ4n) is 4.72. The zero-order valence-corrected chi connectivity index (χ0v) is 14.8. The topological polar surface area (TPSA) is 65.8 Å². The van der Waals surface area contributed by atoms with E-state index in [1.807, 2.05) is 31.2 Å². The molecule has 25 heavy (non-hydrogen) atoms. The van der Waals surface area contributed by atoms with Gasteiger partial charge in [0.1, 0.15) is 5.75 Å². The molecule has 3 saturated heterocycles. The minimum atomic E-state index is -0.560. The van der Waals surface area contributed by atoms with Gasteiger partial charge in [-0.25, -0.2) is 0 Å². The van der Waals surface area contributed by atoms with Gasteiger partial charge in [-0.3, -0.25) is 9.88 Å². The molecule has 5 heteroatoms. The quantitative estimate of drug-likeness (QED) is 0.893. The molecule has 5 nitrogen and oxygen atoms in total. The first-order valence-corrected chi connectivity index (χ1v) is 9.11. The summed E-state index contributed by atoms with van der Waals surface area (Å²) in [5.74, 6) is 1.59. The highest BCUT2D eigenvalue weighted by atomic mass is 16.5. The molecule has 3 aliphatic rings. The van der Waals surface area contributed by atoms with E-state index in [-0.39, 0.29) is 12.1 Å². The lowest BCUT2D eigenvalue weighted by molar-refractivity contribution is -0.0844. The number of nitrogens with zero attached hydrogens (tertiary/aromatic N) is 2. The lowest BCUT2D eigenvalue weighted by Gasteiger charge is -2.52. The molecule has 4 heterocycles. The highest BCUT2D eigenvalue weighted by Gasteiger charge is 2.44. The molecule has 5 rings (SSSR count). The van der Waals surface area contributed by atoms with Crippen molar-refractivity contribution in [2.45, 2.75) is 38.0 Å². The maximum Gasteiger partial charge on any atom is 0.119 e. The maximum absolute atomic E-state index is 11.2. The molecule has 0 spiro atoms. The first kappa shape index (κ1) is 16.8. The van der Waals surface area contributed by atoms with Crippen molar-refractivity contribution in [2.75, 3.05) is 20.2 Å². The van der Waals surface area contributed by atoms with Crippen molar-refractivity contribution in [3.8, 4) is 5.75 Å². The molecule has 0 radical (unpaired) electrons. The van der Waals surface area contributed by atoms with Gasteiger partial charge in [-0.05, 0) is 62.1 Å². The van der Waals surface area contributed by atoms with Crippen LogP contribution >= 0.6 is 0 Å². The van der Waals surface area contributed by atoms with E-state index in [4.69, 9.17) is 4.74 Å². The second-order valence-electron chi connectivity index (χ2n) is 7.48. The number of aliphatic hydroxyl groups excluding tert-OH is 2. The number of pyridine rings is 1. The van der Waals surface area contributed by atoms with Crippen molar-refractivity contribution in [1.29, 1.82) is 0 Å². The zero-order valence-electron chi connectivity index (χ0n) is 14.8. The van der Waals surface area contributed by atoms with E-state index in [0.29, 0.717) is 11.8 Å². The molecule has 4 unspecified atom stereocenters. The van der Waals surface area contributed by atoms with Crippen LogP contribution in [0.25, 0.3) is 10.9 Å². The zero-order chi connectivity index (χ0) is 17.6. The number of ether oxygens (including phenoxy) is 1. The van der Waals surface area contributed by atoms with Gasteiger partial charge in [-0.2, -0.15) is 0 Å². The Morgan fingerprint density at radius 2 is 2.12 bits per heavy atom. The van der Waals surface area contributed by atoms with E-state index < -0.39 is 6.10 Å². The van der Waals surface area contributed by atoms with Crippen LogP contribution in [0.5, 0.6) is 5.75 Å². The van der Waals surface area contributed by atoms with Crippen molar-refractivity contribution in [3.63, 3.8) is 0 Å². The fourth-order valence-corrected chi connectivity index (χ4v) is 4.72. The van der Waals surface area contributed by atoms with Crippen LogP contribution in [0.4, 0.5) is 0 Å². The summed E-state index contributed by atoms with van der Waals surface area (Å²) in [6.07, 6.45) is 2.98. The summed E-state index contributed by atoms with van der Waals surface area (Å²) in [5, 5.41) is 22.2. The Morgan fingerprint density at radius 3 is 2.80 bits per heavy atom. The molecule has 2 N–H and O–H groups in total. The number of hydrogen-bond acceptors (Lipinski definition) is 5. The van der Waals surface area contributed by atoms with Gasteiger partial charge < -0.3 is 14.9 Å². The molecule has 134 valence electrons. The van der Waals surface area contributed by atoms with Crippen molar-refractivity contribution >= 4 is 10.9 Å². The minimum Gasteiger partial charge on any atom is -0.497 e. The monoisotopic (exact) mass is 342 g/mol. The van der Waals surface area contributed by atoms with Gasteiger partial charge >= 0.3 is 0 Å². The summed E-state index contributed by atoms with van der Waals surface area (Å²) >= 11 is 0. The molecule has 3 aliphatic heterocycles. The molecule has 0 aliphatic carbocycles. The summed E-state index contributed by atoms with van der Waals surface area (Å²) in [7, 11) is 1.65. The van der Waals surface area contributed by atoms with E-state index in [2.05, 4.69) is 9.88 Å². The Balaban J connectivity index is 1.66. The number of benzene rings is 1. The first-order valence-electron chi connectivity index (χ1n) is 9.11. The molecule has 2 bridgehead atoms. The number of aliphatic hydroxyl groups is 2. The van der Waals surface area contributed by atoms with E-state index in [1.165, 1.54) is 0 Å². The van der Waals surface area contributed by atoms with Crippen molar-refractivity contribution in [3.05, 3.63) is 36.0 Å². The van der Waals surface area contributed by atoms with Gasteiger partial charge in [0.15, 0.2) is 0 Å². The number of methoxy groups -OCH3 is 1. The highest BCUT2D eigenvalue weighted by Crippen LogP contribution is 2.42. The smallest absolute Gasteiger partial charge is 0.119 e. The van der Waals surface area contributed by atoms with E-state index >= 15 is 0 Å². The van der Waals surface area contributed by atoms with Crippen LogP contribution in [0.15, 0.2) is 30.5 Å². The lowest BCUT2D eigenvalue weighted by atomic mass is 9.72. The van der Waals surface area contributed by atoms with Crippen LogP contribution in [-0.2, 0) is 0 Å². The SMILES string of the molecule is COc1ccc2nccc([C@@H](O)C3CC4CCN3CC4[C@H](C)O)c2c1. The highest BCUT2D eigenvalue weighted by molar-refractivity contribution is 5.83. The van der Waals surface area contributed by atoms with Gasteiger partial charge in [0.05, 0.1) is 24.8 Å². The third-order valence-electron chi connectivity index (χ3n) is 6.14. The first-order chi connectivity index (χ1) is 12.1. The molecular weight excluding hydrogens is 316 g/mol. The standard InChI is InChI=1S/C20H26N2O3/c1-12(23)17-11-22-8-6-13(17)9-19(22)20(24)15-5-7-21-18-4-3-14(25-2)10-16(15)18/h3-5,7,10,12-13,17,19-20,23-24H,6,8-9,11H2,1-2H3/t12-,13?,17?,19?,20+/m0/s1. The number of hydrogen-bond donors (Lipinski definition) is 2. The predicted octanol–water partition coefficient (Wildman–Crippen LogP) is 2.37. The van der Waals surface area contributed by atoms with Gasteiger partial charge in [0.2, 0.25) is 0 Å². The van der Waals surface area contributed by atoms with Crippen LogP contribution in [-0.4, -0.2) is 52.4 Å². The summed E-state index contributed by atoms with van der Waals surface area (Å²) in [6, 6.07) is 7.80. The van der Waals surface area contributed by atoms with Crippen molar-refractivity contribution in [1.82, 2.24) is 9.88 Å². The van der Waals surface area contributed by atoms with Crippen LogP contribution in [0.1, 0.15) is 31.4 Å². The fraction of sp³-hybridized carbons (Fsp3) is 0.550. The molecule has 0 amide bonds. The number of rotatable bonds is 4. The number of fused-ring (bicyclic) bond motifs is 4. The molecule has 2 aromatic rings. The van der Waals surface area contributed by atoms with Crippen LogP contribution in [0.3, 0.4) is 0 Å². The maximum atomic E-state index is 11.2. The van der Waals surface area contributed by atoms with Crippen LogP contribution < -0.4 is 4.74 Å². The van der Waals surface area contributed by atoms with Crippen LogP contribution in [0, 0.1) is 11.8 Å². The third-order valence-corrected chi connectivity index (χ3v) is 6.14. The molecular formula is C20H26N2O3. The normalized spacial score (nSPS) is 31.0. The predicted molar refractivity (Wildman–Crippen MR) is 96.5 cm³/mol. The van der Waals surface area contributed by atoms with E-state index in [9.17, 15) is 10.2 Å². The Hall–Kier alpha value is -1.69. The number of piperidine rings is 3. The van der Waals surface area contributed by atoms with E-state index in [0.717, 1.165) is 48.1 Å². The molecule has 1 aromatic carbocycles. The Labute approximate surface area is 148 Å². The molecule has 3 fully saturated rings. The number of aromatic nitrogens is 1. The summed E-state index contributed by atoms with van der Waals surface area (Å²) in [5.41, 5.74) is 1.78. The Bertz CT molecular complexity index is 764. The van der Waals surface area contributed by atoms with Crippen molar-refractivity contribution < 1.29 is 14.9 Å². The minimum absolute atomic E-state index is 0.102. The Morgan fingerprint density at radius 1 is 1.28 bits per heavy atom. The van der Waals surface area contributed by atoms with Gasteiger partial charge in [-0.15, -0.1) is 0 Å². The summed E-state index contributed by atoms with van der Waals surface area (Å²) in [4.78, 5) is 6.77. The third kappa shape index (κ3) is 2.90. The molecule has 1 aromatic heterocycles. The average molecular weight is 342 g/mol. The van der Waals surface area contributed by atoms with Gasteiger partial charge in [0.25, 0.3) is 0 Å². The Kier molecular flexibility index (Phi) is 4.40. The molecule has 6 atom stereocenters. The summed E-state index contributed by atoms with van der Waals surface area (Å²) < 4.78 is 5.34. The average Bonchev–Trinajstić information content (AvgIpc) is 2.66. The summed E-state index contributed by atoms with van der Waals surface area (Å²) in [6.45, 7) is 3.76. The van der Waals surface area contributed by atoms with E-state index in [1.54, 1.807) is 13.3 Å². The second-order valence-corrected chi connectivity index (χ2v) is 7.48. The lowest BCUT2D eigenvalue weighted by Crippen LogP contribution is -2.57. The van der Waals surface area contributed by atoms with Gasteiger partial charge in [-0.1, -0.05) is 0 Å². The largest absolute Gasteiger partial charge is 0.497 e. The van der Waals surface area contributed by atoms with Crippen LogP contribution in [0.2, 0.25) is 0 Å². The van der Waals surface area contributed by atoms with Crippen molar-refractivity contribution in [2.24, 2.45) is 11.8 Å². The van der Waals surface area contributed by atoms with Gasteiger partial charge in [0, 0.05) is 30.1 Å². The second kappa shape index (κ2) is 6.56.